The lowest BCUT2D eigenvalue weighted by atomic mass is 10.1. The van der Waals surface area contributed by atoms with Gasteiger partial charge in [0.2, 0.25) is 5.91 Å². The Morgan fingerprint density at radius 3 is 2.64 bits per heavy atom. The van der Waals surface area contributed by atoms with E-state index in [1.165, 1.54) is 0 Å². The van der Waals surface area contributed by atoms with Crippen LogP contribution in [0, 0.1) is 6.92 Å². The van der Waals surface area contributed by atoms with Crippen LogP contribution in [-0.2, 0) is 22.7 Å². The monoisotopic (exact) mass is 529 g/mol. The quantitative estimate of drug-likeness (QED) is 0.325. The lowest BCUT2D eigenvalue weighted by Gasteiger charge is -2.30. The summed E-state index contributed by atoms with van der Waals surface area (Å²) in [6.45, 7) is 6.20. The van der Waals surface area contributed by atoms with E-state index in [1.807, 2.05) is 79.7 Å². The van der Waals surface area contributed by atoms with Crippen molar-refractivity contribution in [3.05, 3.63) is 89.5 Å². The average Bonchev–Trinajstić information content (AvgIpc) is 3.18. The van der Waals surface area contributed by atoms with E-state index in [0.717, 1.165) is 47.4 Å². The van der Waals surface area contributed by atoms with Crippen LogP contribution in [0.2, 0.25) is 0 Å². The zero-order valence-electron chi connectivity index (χ0n) is 22.9. The number of ether oxygens (including phenoxy) is 2. The Hall–Kier alpha value is -4.00. The number of aryl methyl sites for hydroxylation is 1. The second-order valence-electron chi connectivity index (χ2n) is 9.93. The molecule has 0 radical (unpaired) electrons. The summed E-state index contributed by atoms with van der Waals surface area (Å²) in [5.74, 6) is 1.15. The first-order valence-corrected chi connectivity index (χ1v) is 13.8. The van der Waals surface area contributed by atoms with Gasteiger partial charge in [-0.3, -0.25) is 9.59 Å². The molecule has 2 N–H and O–H groups in total. The van der Waals surface area contributed by atoms with E-state index in [9.17, 15) is 9.59 Å². The fraction of sp³-hybridized carbons (Fsp3) is 0.375. The van der Waals surface area contributed by atoms with Crippen molar-refractivity contribution >= 4 is 17.5 Å². The van der Waals surface area contributed by atoms with E-state index in [0.29, 0.717) is 38.4 Å². The third-order valence-corrected chi connectivity index (χ3v) is 6.79. The molecule has 0 saturated carbocycles. The number of nitrogens with zero attached hydrogens (tertiary/aromatic N) is 1. The molecule has 0 aliphatic carbocycles. The molecule has 2 amide bonds. The molecule has 0 spiro atoms. The molecule has 0 aromatic heterocycles. The minimum Gasteiger partial charge on any atom is -0.493 e. The highest BCUT2D eigenvalue weighted by molar-refractivity contribution is 5.88. The van der Waals surface area contributed by atoms with Crippen LogP contribution < -0.4 is 20.1 Å². The van der Waals surface area contributed by atoms with Gasteiger partial charge in [-0.1, -0.05) is 49.4 Å². The number of nitrogens with one attached hydrogen (secondary N) is 2. The van der Waals surface area contributed by atoms with Gasteiger partial charge in [0.25, 0.3) is 5.91 Å². The Balaban J connectivity index is 1.44. The van der Waals surface area contributed by atoms with Crippen LogP contribution in [0.5, 0.6) is 11.5 Å². The standard InChI is InChI=1S/C32H39N3O4/c1-3-18-38-30-16-15-26(19-24(30)2)22-35(29-14-7-8-17-33-32(29)37)31(36)23-39-28-13-9-10-25(20-28)21-34-27-11-5-4-6-12-27/h4-6,9-13,15-16,19-20,29,34H,3,7-8,14,17-18,21-23H2,1-2H3,(H,33,37). The molecule has 0 bridgehead atoms. The Bertz CT molecular complexity index is 1230. The topological polar surface area (TPSA) is 79.9 Å². The number of para-hydroxylation sites is 1. The highest BCUT2D eigenvalue weighted by Gasteiger charge is 2.31. The largest absolute Gasteiger partial charge is 0.493 e. The van der Waals surface area contributed by atoms with Crippen LogP contribution in [0.3, 0.4) is 0 Å². The van der Waals surface area contributed by atoms with Crippen molar-refractivity contribution in [1.82, 2.24) is 10.2 Å². The molecular weight excluding hydrogens is 490 g/mol. The lowest BCUT2D eigenvalue weighted by Crippen LogP contribution is -2.49. The van der Waals surface area contributed by atoms with Crippen molar-refractivity contribution in [2.24, 2.45) is 0 Å². The van der Waals surface area contributed by atoms with Crippen molar-refractivity contribution in [3.8, 4) is 11.5 Å². The second kappa shape index (κ2) is 14.2. The number of carbonyl (C=O) groups is 2. The Morgan fingerprint density at radius 2 is 1.85 bits per heavy atom. The first-order chi connectivity index (χ1) is 19.0. The number of carbonyl (C=O) groups excluding carboxylic acids is 2. The number of anilines is 1. The first-order valence-electron chi connectivity index (χ1n) is 13.8. The van der Waals surface area contributed by atoms with Crippen LogP contribution in [-0.4, -0.2) is 42.5 Å². The molecule has 1 atom stereocenters. The smallest absolute Gasteiger partial charge is 0.261 e. The normalized spacial score (nSPS) is 15.1. The third-order valence-electron chi connectivity index (χ3n) is 6.79. The molecule has 7 heteroatoms. The summed E-state index contributed by atoms with van der Waals surface area (Å²) in [6, 6.07) is 23.1. The number of hydrogen-bond donors (Lipinski definition) is 2. The van der Waals surface area contributed by atoms with Crippen molar-refractivity contribution in [2.75, 3.05) is 25.1 Å². The molecule has 1 unspecified atom stereocenters. The lowest BCUT2D eigenvalue weighted by molar-refractivity contribution is -0.142. The van der Waals surface area contributed by atoms with E-state index in [1.54, 1.807) is 4.90 Å². The van der Waals surface area contributed by atoms with E-state index >= 15 is 0 Å². The summed E-state index contributed by atoms with van der Waals surface area (Å²) in [7, 11) is 0. The third kappa shape index (κ3) is 8.24. The highest BCUT2D eigenvalue weighted by Crippen LogP contribution is 2.23. The molecule has 3 aromatic rings. The number of hydrogen-bond acceptors (Lipinski definition) is 5. The van der Waals surface area contributed by atoms with Crippen LogP contribution in [0.25, 0.3) is 0 Å². The van der Waals surface area contributed by atoms with Gasteiger partial charge >= 0.3 is 0 Å². The highest BCUT2D eigenvalue weighted by atomic mass is 16.5. The van der Waals surface area contributed by atoms with Crippen molar-refractivity contribution in [3.63, 3.8) is 0 Å². The molecule has 39 heavy (non-hydrogen) atoms. The van der Waals surface area contributed by atoms with Crippen molar-refractivity contribution in [1.29, 1.82) is 0 Å². The zero-order valence-corrected chi connectivity index (χ0v) is 22.9. The van der Waals surface area contributed by atoms with Crippen LogP contribution >= 0.6 is 0 Å². The van der Waals surface area contributed by atoms with E-state index in [-0.39, 0.29) is 18.4 Å². The van der Waals surface area contributed by atoms with Crippen molar-refractivity contribution < 1.29 is 19.1 Å². The maximum Gasteiger partial charge on any atom is 0.261 e. The number of amides is 2. The molecule has 1 aliphatic rings. The van der Waals surface area contributed by atoms with Gasteiger partial charge in [-0.2, -0.15) is 0 Å². The van der Waals surface area contributed by atoms with Crippen molar-refractivity contribution in [2.45, 2.75) is 58.7 Å². The van der Waals surface area contributed by atoms with Crippen LogP contribution in [0.15, 0.2) is 72.8 Å². The summed E-state index contributed by atoms with van der Waals surface area (Å²) in [6.07, 6.45) is 3.36. The Labute approximate surface area is 231 Å². The fourth-order valence-electron chi connectivity index (χ4n) is 4.71. The molecule has 206 valence electrons. The maximum absolute atomic E-state index is 13.6. The summed E-state index contributed by atoms with van der Waals surface area (Å²) in [4.78, 5) is 28.1. The Morgan fingerprint density at radius 1 is 1.00 bits per heavy atom. The molecule has 3 aromatic carbocycles. The van der Waals surface area contributed by atoms with Gasteiger partial charge in [0.05, 0.1) is 6.61 Å². The van der Waals surface area contributed by atoms with Gasteiger partial charge in [0, 0.05) is 25.3 Å². The van der Waals surface area contributed by atoms with Crippen LogP contribution in [0.1, 0.15) is 49.3 Å². The molecule has 1 fully saturated rings. The summed E-state index contributed by atoms with van der Waals surface area (Å²) in [5.41, 5.74) is 4.05. The number of benzene rings is 3. The van der Waals surface area contributed by atoms with Crippen LogP contribution in [0.4, 0.5) is 5.69 Å². The summed E-state index contributed by atoms with van der Waals surface area (Å²) >= 11 is 0. The first kappa shape index (κ1) is 28.0. The molecule has 4 rings (SSSR count). The molecular formula is C32H39N3O4. The van der Waals surface area contributed by atoms with Gasteiger partial charge in [0.1, 0.15) is 17.5 Å². The van der Waals surface area contributed by atoms with E-state index < -0.39 is 6.04 Å². The predicted molar refractivity (Wildman–Crippen MR) is 154 cm³/mol. The predicted octanol–water partition coefficient (Wildman–Crippen LogP) is 5.47. The van der Waals surface area contributed by atoms with Gasteiger partial charge in [-0.05, 0) is 79.6 Å². The van der Waals surface area contributed by atoms with E-state index in [4.69, 9.17) is 9.47 Å². The molecule has 7 nitrogen and oxygen atoms in total. The van der Waals surface area contributed by atoms with Gasteiger partial charge in [-0.15, -0.1) is 0 Å². The minimum atomic E-state index is -0.527. The summed E-state index contributed by atoms with van der Waals surface area (Å²) < 4.78 is 11.8. The summed E-state index contributed by atoms with van der Waals surface area (Å²) in [5, 5.41) is 6.36. The minimum absolute atomic E-state index is 0.102. The molecule has 1 heterocycles. The average molecular weight is 530 g/mol. The Kier molecular flexibility index (Phi) is 10.2. The van der Waals surface area contributed by atoms with Gasteiger partial charge in [0.15, 0.2) is 6.61 Å². The molecule has 1 aliphatic heterocycles. The zero-order chi connectivity index (χ0) is 27.5. The molecule has 1 saturated heterocycles. The van der Waals surface area contributed by atoms with Gasteiger partial charge in [-0.25, -0.2) is 0 Å². The number of rotatable bonds is 12. The second-order valence-corrected chi connectivity index (χ2v) is 9.93. The van der Waals surface area contributed by atoms with E-state index in [2.05, 4.69) is 17.6 Å². The maximum atomic E-state index is 13.6. The fourth-order valence-corrected chi connectivity index (χ4v) is 4.71. The SMILES string of the molecule is CCCOc1ccc(CN(C(=O)COc2cccc(CNc3ccccc3)c2)C2CCCCNC2=O)cc1C. The van der Waals surface area contributed by atoms with Gasteiger partial charge < -0.3 is 25.0 Å².